The highest BCUT2D eigenvalue weighted by Crippen LogP contribution is 2.35. The Hall–Kier alpha value is -2.02. The summed E-state index contributed by atoms with van der Waals surface area (Å²) < 4.78 is 16.7. The van der Waals surface area contributed by atoms with Crippen molar-refractivity contribution < 1.29 is 13.9 Å². The third-order valence-corrected chi connectivity index (χ3v) is 4.86. The zero-order chi connectivity index (χ0) is 17.2. The molecule has 0 N–H and O–H groups in total. The molecule has 7 heteroatoms. The van der Waals surface area contributed by atoms with Gasteiger partial charge in [0.05, 0.1) is 6.61 Å². The number of aryl methyl sites for hydroxylation is 1. The summed E-state index contributed by atoms with van der Waals surface area (Å²) in [6.45, 7) is 2.79. The average molecular weight is 375 g/mol. The van der Waals surface area contributed by atoms with Gasteiger partial charge in [-0.25, -0.2) is 0 Å². The van der Waals surface area contributed by atoms with Gasteiger partial charge in [-0.3, -0.25) is 0 Å². The van der Waals surface area contributed by atoms with Gasteiger partial charge in [-0.1, -0.05) is 41.1 Å². The first-order valence-electron chi connectivity index (χ1n) is 7.74. The third kappa shape index (κ3) is 3.66. The second kappa shape index (κ2) is 7.07. The smallest absolute Gasteiger partial charge is 0.277 e. The maximum absolute atomic E-state index is 6.19. The summed E-state index contributed by atoms with van der Waals surface area (Å²) in [6, 6.07) is 11.7. The van der Waals surface area contributed by atoms with Crippen LogP contribution in [0.4, 0.5) is 0 Å². The fourth-order valence-corrected chi connectivity index (χ4v) is 3.66. The topological polar surface area (TPSA) is 57.4 Å². The van der Waals surface area contributed by atoms with Crippen LogP contribution in [0.5, 0.6) is 5.75 Å². The fourth-order valence-electron chi connectivity index (χ4n) is 2.67. The summed E-state index contributed by atoms with van der Waals surface area (Å²) in [5, 5.41) is 9.42. The molecule has 3 aromatic rings. The molecule has 0 bridgehead atoms. The Morgan fingerprint density at radius 2 is 2.12 bits per heavy atom. The van der Waals surface area contributed by atoms with Crippen LogP contribution in [-0.4, -0.2) is 17.0 Å². The Kier molecular flexibility index (Phi) is 4.65. The minimum absolute atomic E-state index is 0.254. The van der Waals surface area contributed by atoms with Crippen molar-refractivity contribution >= 4 is 23.4 Å². The molecule has 0 saturated heterocycles. The molecule has 25 heavy (non-hydrogen) atoms. The lowest BCUT2D eigenvalue weighted by Gasteiger charge is -2.20. The monoisotopic (exact) mass is 374 g/mol. The number of hydrogen-bond acceptors (Lipinski definition) is 6. The summed E-state index contributed by atoms with van der Waals surface area (Å²) in [5.74, 6) is 1.98. The average Bonchev–Trinajstić information content (AvgIpc) is 3.08. The molecule has 2 aromatic carbocycles. The van der Waals surface area contributed by atoms with Crippen molar-refractivity contribution in [3.05, 3.63) is 58.1 Å². The molecule has 1 aromatic heterocycles. The minimum atomic E-state index is 0.254. The van der Waals surface area contributed by atoms with E-state index in [9.17, 15) is 0 Å². The number of hydrogen-bond donors (Lipinski definition) is 0. The van der Waals surface area contributed by atoms with Crippen molar-refractivity contribution in [2.75, 3.05) is 6.79 Å². The number of benzene rings is 2. The molecule has 2 heterocycles. The SMILES string of the molecule is Cc1cccc(-c2nnc(SCc3cc(Cl)cc4c3OCOC4)o2)c1. The molecule has 0 fully saturated rings. The first kappa shape index (κ1) is 16.4. The maximum atomic E-state index is 6.19. The van der Waals surface area contributed by atoms with Crippen LogP contribution in [0, 0.1) is 6.92 Å². The molecule has 128 valence electrons. The number of ether oxygens (including phenoxy) is 2. The fraction of sp³-hybridized carbons (Fsp3) is 0.222. The van der Waals surface area contributed by atoms with Gasteiger partial charge < -0.3 is 13.9 Å². The number of aromatic nitrogens is 2. The minimum Gasteiger partial charge on any atom is -0.467 e. The summed E-state index contributed by atoms with van der Waals surface area (Å²) >= 11 is 7.65. The Morgan fingerprint density at radius 1 is 1.20 bits per heavy atom. The Morgan fingerprint density at radius 3 is 3.00 bits per heavy atom. The van der Waals surface area contributed by atoms with Crippen LogP contribution in [0.25, 0.3) is 11.5 Å². The van der Waals surface area contributed by atoms with Crippen LogP contribution < -0.4 is 4.74 Å². The van der Waals surface area contributed by atoms with E-state index in [2.05, 4.69) is 10.2 Å². The van der Waals surface area contributed by atoms with Crippen LogP contribution in [0.3, 0.4) is 0 Å². The van der Waals surface area contributed by atoms with Gasteiger partial charge in [0, 0.05) is 27.5 Å². The second-order valence-electron chi connectivity index (χ2n) is 5.70. The van der Waals surface area contributed by atoms with Crippen LogP contribution in [0.2, 0.25) is 5.02 Å². The van der Waals surface area contributed by atoms with E-state index in [4.69, 9.17) is 25.5 Å². The van der Waals surface area contributed by atoms with E-state index in [-0.39, 0.29) is 6.79 Å². The zero-order valence-electron chi connectivity index (χ0n) is 13.5. The molecule has 1 aliphatic heterocycles. The predicted octanol–water partition coefficient (Wildman–Crippen LogP) is 4.86. The van der Waals surface area contributed by atoms with Crippen molar-refractivity contribution in [1.82, 2.24) is 10.2 Å². The van der Waals surface area contributed by atoms with Gasteiger partial charge in [0.15, 0.2) is 6.79 Å². The predicted molar refractivity (Wildman–Crippen MR) is 95.8 cm³/mol. The molecule has 0 aliphatic carbocycles. The quantitative estimate of drug-likeness (QED) is 0.608. The van der Waals surface area contributed by atoms with E-state index < -0.39 is 0 Å². The normalized spacial score (nSPS) is 13.4. The van der Waals surface area contributed by atoms with Crippen molar-refractivity contribution in [1.29, 1.82) is 0 Å². The van der Waals surface area contributed by atoms with Gasteiger partial charge >= 0.3 is 0 Å². The van der Waals surface area contributed by atoms with E-state index in [0.717, 1.165) is 28.0 Å². The number of halogens is 1. The van der Waals surface area contributed by atoms with Crippen molar-refractivity contribution in [3.8, 4) is 17.2 Å². The molecule has 0 amide bonds. The molecular weight excluding hydrogens is 360 g/mol. The Labute approximate surface area is 154 Å². The molecule has 0 spiro atoms. The van der Waals surface area contributed by atoms with E-state index >= 15 is 0 Å². The standard InChI is InChI=1S/C18H15ClN2O3S/c1-11-3-2-4-12(5-11)17-20-21-18(24-17)25-9-14-7-15(19)6-13-8-22-10-23-16(13)14/h2-7H,8-10H2,1H3. The van der Waals surface area contributed by atoms with E-state index in [1.807, 2.05) is 43.3 Å². The molecule has 5 nitrogen and oxygen atoms in total. The largest absolute Gasteiger partial charge is 0.467 e. The third-order valence-electron chi connectivity index (χ3n) is 3.77. The van der Waals surface area contributed by atoms with Gasteiger partial charge in [-0.15, -0.1) is 10.2 Å². The lowest BCUT2D eigenvalue weighted by atomic mass is 10.1. The molecule has 0 radical (unpaired) electrons. The first-order chi connectivity index (χ1) is 12.2. The summed E-state index contributed by atoms with van der Waals surface area (Å²) in [7, 11) is 0. The molecule has 1 aliphatic rings. The Bertz CT molecular complexity index is 913. The second-order valence-corrected chi connectivity index (χ2v) is 7.06. The number of nitrogens with zero attached hydrogens (tertiary/aromatic N) is 2. The van der Waals surface area contributed by atoms with Crippen molar-refractivity contribution in [2.24, 2.45) is 0 Å². The highest BCUT2D eigenvalue weighted by atomic mass is 35.5. The van der Waals surface area contributed by atoms with Gasteiger partial charge in [0.25, 0.3) is 5.22 Å². The first-order valence-corrected chi connectivity index (χ1v) is 9.10. The van der Waals surface area contributed by atoms with E-state index in [0.29, 0.717) is 28.5 Å². The Balaban J connectivity index is 1.52. The van der Waals surface area contributed by atoms with Crippen LogP contribution in [0.1, 0.15) is 16.7 Å². The summed E-state index contributed by atoms with van der Waals surface area (Å²) in [5.41, 5.74) is 4.02. The highest BCUT2D eigenvalue weighted by molar-refractivity contribution is 7.98. The summed E-state index contributed by atoms with van der Waals surface area (Å²) in [4.78, 5) is 0. The van der Waals surface area contributed by atoms with Gasteiger partial charge in [-0.2, -0.15) is 0 Å². The van der Waals surface area contributed by atoms with Crippen LogP contribution >= 0.6 is 23.4 Å². The molecule has 4 rings (SSSR count). The lowest BCUT2D eigenvalue weighted by Crippen LogP contribution is -2.12. The van der Waals surface area contributed by atoms with Crippen molar-refractivity contribution in [2.45, 2.75) is 24.5 Å². The van der Waals surface area contributed by atoms with Crippen LogP contribution in [0.15, 0.2) is 46.0 Å². The molecule has 0 saturated carbocycles. The van der Waals surface area contributed by atoms with Crippen molar-refractivity contribution in [3.63, 3.8) is 0 Å². The van der Waals surface area contributed by atoms with Gasteiger partial charge in [0.2, 0.25) is 5.89 Å². The highest BCUT2D eigenvalue weighted by Gasteiger charge is 2.18. The number of thioether (sulfide) groups is 1. The molecular formula is C18H15ClN2O3S. The van der Waals surface area contributed by atoms with Gasteiger partial charge in [-0.05, 0) is 31.2 Å². The maximum Gasteiger partial charge on any atom is 0.277 e. The summed E-state index contributed by atoms with van der Waals surface area (Å²) in [6.07, 6.45) is 0. The van der Waals surface area contributed by atoms with E-state index in [1.54, 1.807) is 0 Å². The lowest BCUT2D eigenvalue weighted by molar-refractivity contribution is -0.0168. The number of rotatable bonds is 4. The zero-order valence-corrected chi connectivity index (χ0v) is 15.1. The van der Waals surface area contributed by atoms with Gasteiger partial charge in [0.1, 0.15) is 5.75 Å². The molecule has 0 atom stereocenters. The van der Waals surface area contributed by atoms with E-state index in [1.165, 1.54) is 11.8 Å². The molecule has 0 unspecified atom stereocenters. The number of fused-ring (bicyclic) bond motifs is 1. The van der Waals surface area contributed by atoms with Crippen LogP contribution in [-0.2, 0) is 17.1 Å².